The molecule has 33 heavy (non-hydrogen) atoms. The Morgan fingerprint density at radius 1 is 1.09 bits per heavy atom. The van der Waals surface area contributed by atoms with Gasteiger partial charge in [0.25, 0.3) is 0 Å². The minimum atomic E-state index is 0.229. The molecule has 2 N–H and O–H groups in total. The molecule has 4 aliphatic heterocycles. The van der Waals surface area contributed by atoms with E-state index in [1.54, 1.807) is 0 Å². The number of nitrogens with one attached hydrogen (secondary N) is 2. The van der Waals surface area contributed by atoms with Crippen LogP contribution in [0, 0.1) is 5.41 Å². The first-order valence-corrected chi connectivity index (χ1v) is 12.4. The van der Waals surface area contributed by atoms with E-state index < -0.39 is 0 Å². The van der Waals surface area contributed by atoms with Gasteiger partial charge in [0.1, 0.15) is 18.2 Å². The van der Waals surface area contributed by atoms with Gasteiger partial charge in [-0.05, 0) is 48.1 Å². The van der Waals surface area contributed by atoms with Gasteiger partial charge < -0.3 is 25.0 Å². The molecular weight excluding hydrogens is 414 g/mol. The number of aromatic nitrogens is 1. The molecule has 1 aromatic heterocycles. The number of pyridine rings is 1. The van der Waals surface area contributed by atoms with Crippen molar-refractivity contribution in [2.75, 3.05) is 62.7 Å². The Kier molecular flexibility index (Phi) is 5.43. The van der Waals surface area contributed by atoms with Gasteiger partial charge in [0.15, 0.2) is 0 Å². The fraction of sp³-hybridized carbons (Fsp3) is 0.577. The monoisotopic (exact) mass is 449 g/mol. The summed E-state index contributed by atoms with van der Waals surface area (Å²) < 4.78 is 11.8. The molecule has 7 heteroatoms. The molecule has 0 saturated carbocycles. The third-order valence-electron chi connectivity index (χ3n) is 7.95. The molecule has 4 aliphatic rings. The van der Waals surface area contributed by atoms with Crippen molar-refractivity contribution in [3.05, 3.63) is 41.6 Å². The number of anilines is 3. The highest BCUT2D eigenvalue weighted by Gasteiger charge is 2.40. The number of rotatable bonds is 3. The molecule has 0 radical (unpaired) electrons. The van der Waals surface area contributed by atoms with E-state index in [0.717, 1.165) is 74.8 Å². The molecule has 176 valence electrons. The van der Waals surface area contributed by atoms with Crippen molar-refractivity contribution in [3.8, 4) is 5.75 Å². The lowest BCUT2D eigenvalue weighted by atomic mass is 9.70. The first kappa shape index (κ1) is 21.2. The van der Waals surface area contributed by atoms with Crippen LogP contribution in [0.1, 0.15) is 37.3 Å². The summed E-state index contributed by atoms with van der Waals surface area (Å²) in [6.07, 6.45) is 3.10. The fourth-order valence-electron chi connectivity index (χ4n) is 5.96. The van der Waals surface area contributed by atoms with E-state index in [4.69, 9.17) is 9.47 Å². The summed E-state index contributed by atoms with van der Waals surface area (Å²) in [6.45, 7) is 13.3. The van der Waals surface area contributed by atoms with Gasteiger partial charge >= 0.3 is 0 Å². The molecular formula is C26H35N5O2. The van der Waals surface area contributed by atoms with E-state index in [1.165, 1.54) is 24.2 Å². The van der Waals surface area contributed by atoms with E-state index in [0.29, 0.717) is 12.5 Å². The Morgan fingerprint density at radius 3 is 2.70 bits per heavy atom. The second-order valence-electron chi connectivity index (χ2n) is 10.5. The lowest BCUT2D eigenvalue weighted by molar-refractivity contribution is 0.0394. The maximum atomic E-state index is 6.30. The van der Waals surface area contributed by atoms with Gasteiger partial charge in [-0.2, -0.15) is 0 Å². The normalized spacial score (nSPS) is 25.2. The van der Waals surface area contributed by atoms with Crippen LogP contribution in [0.4, 0.5) is 17.2 Å². The Bertz CT molecular complexity index is 1020. The van der Waals surface area contributed by atoms with E-state index in [1.807, 2.05) is 6.20 Å². The highest BCUT2D eigenvalue weighted by molar-refractivity contribution is 5.73. The second kappa shape index (κ2) is 8.46. The topological polar surface area (TPSA) is 61.9 Å². The summed E-state index contributed by atoms with van der Waals surface area (Å²) in [5, 5.41) is 7.04. The maximum Gasteiger partial charge on any atom is 0.143 e. The lowest BCUT2D eigenvalue weighted by Crippen LogP contribution is -2.61. The van der Waals surface area contributed by atoms with Crippen LogP contribution in [0.3, 0.4) is 0 Å². The highest BCUT2D eigenvalue weighted by atomic mass is 16.5. The number of likely N-dealkylation sites (tertiary alicyclic amines) is 1. The second-order valence-corrected chi connectivity index (χ2v) is 10.5. The van der Waals surface area contributed by atoms with Gasteiger partial charge in [0.2, 0.25) is 0 Å². The Hall–Kier alpha value is -2.35. The van der Waals surface area contributed by atoms with E-state index in [9.17, 15) is 0 Å². The summed E-state index contributed by atoms with van der Waals surface area (Å²) >= 11 is 0. The van der Waals surface area contributed by atoms with Crippen LogP contribution in [0.2, 0.25) is 0 Å². The van der Waals surface area contributed by atoms with E-state index in [2.05, 4.69) is 63.5 Å². The Labute approximate surface area is 196 Å². The minimum absolute atomic E-state index is 0.229. The van der Waals surface area contributed by atoms with Crippen LogP contribution in [0.25, 0.3) is 0 Å². The third-order valence-corrected chi connectivity index (χ3v) is 7.95. The Balaban J connectivity index is 1.26. The van der Waals surface area contributed by atoms with Crippen LogP contribution in [-0.2, 0) is 11.3 Å². The molecule has 1 aromatic carbocycles. The quantitative estimate of drug-likeness (QED) is 0.745. The van der Waals surface area contributed by atoms with Crippen molar-refractivity contribution in [2.45, 2.75) is 38.8 Å². The molecule has 7 nitrogen and oxygen atoms in total. The van der Waals surface area contributed by atoms with Gasteiger partial charge in [-0.1, -0.05) is 19.9 Å². The van der Waals surface area contributed by atoms with Gasteiger partial charge in [-0.15, -0.1) is 0 Å². The van der Waals surface area contributed by atoms with E-state index >= 15 is 0 Å². The average molecular weight is 450 g/mol. The van der Waals surface area contributed by atoms with Crippen molar-refractivity contribution in [3.63, 3.8) is 0 Å². The zero-order chi connectivity index (χ0) is 22.4. The van der Waals surface area contributed by atoms with Crippen molar-refractivity contribution in [2.24, 2.45) is 5.41 Å². The van der Waals surface area contributed by atoms with Gasteiger partial charge in [-0.3, -0.25) is 4.90 Å². The average Bonchev–Trinajstić information content (AvgIpc) is 2.96. The van der Waals surface area contributed by atoms with Crippen LogP contribution < -0.4 is 20.3 Å². The molecule has 0 spiro atoms. The van der Waals surface area contributed by atoms with Gasteiger partial charge in [0.05, 0.1) is 24.5 Å². The van der Waals surface area contributed by atoms with Crippen LogP contribution in [0.15, 0.2) is 30.5 Å². The number of piperidine rings is 1. The van der Waals surface area contributed by atoms with Crippen molar-refractivity contribution >= 4 is 17.2 Å². The molecule has 1 atom stereocenters. The fourth-order valence-corrected chi connectivity index (χ4v) is 5.96. The van der Waals surface area contributed by atoms with Crippen LogP contribution >= 0.6 is 0 Å². The summed E-state index contributed by atoms with van der Waals surface area (Å²) in [7, 11) is 0. The molecule has 0 aliphatic carbocycles. The minimum Gasteiger partial charge on any atom is -0.487 e. The number of hydrogen-bond donors (Lipinski definition) is 2. The summed E-state index contributed by atoms with van der Waals surface area (Å²) in [6, 6.07) is 9.55. The number of morpholine rings is 1. The molecule has 2 aromatic rings. The predicted molar refractivity (Wildman–Crippen MR) is 131 cm³/mol. The standard InChI is InChI=1S/C26H35N5O2/c1-26(2)17-31(19-14-27-15-19)8-6-21(26)18-3-4-24-22(13-18)29-25-20(16-33-24)23(5-7-28-25)30-9-11-32-12-10-30/h3-5,7,13,19,21,27H,6,8-12,14-17H2,1-2H3,(H,28,29). The number of ether oxygens (including phenoxy) is 2. The molecule has 6 rings (SSSR count). The van der Waals surface area contributed by atoms with Crippen LogP contribution in [0.5, 0.6) is 5.75 Å². The largest absolute Gasteiger partial charge is 0.487 e. The third kappa shape index (κ3) is 3.96. The summed E-state index contributed by atoms with van der Waals surface area (Å²) in [5.74, 6) is 2.34. The zero-order valence-corrected chi connectivity index (χ0v) is 19.8. The van der Waals surface area contributed by atoms with Crippen LogP contribution in [-0.4, -0.2) is 68.4 Å². The number of benzene rings is 1. The van der Waals surface area contributed by atoms with Crippen molar-refractivity contribution in [1.82, 2.24) is 15.2 Å². The van der Waals surface area contributed by atoms with E-state index in [-0.39, 0.29) is 5.41 Å². The lowest BCUT2D eigenvalue weighted by Gasteiger charge is -2.49. The number of nitrogens with zero attached hydrogens (tertiary/aromatic N) is 3. The zero-order valence-electron chi connectivity index (χ0n) is 19.8. The first-order chi connectivity index (χ1) is 16.1. The van der Waals surface area contributed by atoms with Crippen molar-refractivity contribution in [1.29, 1.82) is 0 Å². The molecule has 3 saturated heterocycles. The predicted octanol–water partition coefficient (Wildman–Crippen LogP) is 3.34. The van der Waals surface area contributed by atoms with Gasteiger partial charge in [0, 0.05) is 50.6 Å². The van der Waals surface area contributed by atoms with Gasteiger partial charge in [-0.25, -0.2) is 4.98 Å². The first-order valence-electron chi connectivity index (χ1n) is 12.4. The molecule has 1 unspecified atom stereocenters. The van der Waals surface area contributed by atoms with Crippen molar-refractivity contribution < 1.29 is 9.47 Å². The number of hydrogen-bond acceptors (Lipinski definition) is 7. The summed E-state index contributed by atoms with van der Waals surface area (Å²) in [4.78, 5) is 9.75. The molecule has 0 amide bonds. The number of fused-ring (bicyclic) bond motifs is 2. The Morgan fingerprint density at radius 2 is 1.94 bits per heavy atom. The molecule has 5 heterocycles. The summed E-state index contributed by atoms with van der Waals surface area (Å²) in [5.41, 5.74) is 4.98. The highest BCUT2D eigenvalue weighted by Crippen LogP contribution is 2.45. The smallest absolute Gasteiger partial charge is 0.143 e. The SMILES string of the molecule is CC1(C)CN(C2CNC2)CCC1c1ccc2c(c1)Nc1nccc(N3CCOCC3)c1CO2. The molecule has 3 fully saturated rings. The maximum absolute atomic E-state index is 6.30. The molecule has 0 bridgehead atoms.